The Morgan fingerprint density at radius 1 is 1.24 bits per heavy atom. The molecule has 0 aliphatic carbocycles. The minimum atomic E-state index is 0.118. The maximum atomic E-state index is 5.66. The van der Waals surface area contributed by atoms with Crippen LogP contribution < -0.4 is 5.32 Å². The lowest BCUT2D eigenvalue weighted by molar-refractivity contribution is 0.437. The van der Waals surface area contributed by atoms with Crippen molar-refractivity contribution in [1.29, 1.82) is 0 Å². The second-order valence-electron chi connectivity index (χ2n) is 3.99. The average Bonchev–Trinajstić information content (AvgIpc) is 2.74. The van der Waals surface area contributed by atoms with E-state index in [4.69, 9.17) is 4.42 Å². The summed E-state index contributed by atoms with van der Waals surface area (Å²) in [5, 5.41) is 3.45. The Morgan fingerprint density at radius 3 is 2.59 bits per heavy atom. The first-order chi connectivity index (χ1) is 8.22. The number of furan rings is 1. The lowest BCUT2D eigenvalue weighted by atomic mass is 9.99. The third-order valence-corrected chi connectivity index (χ3v) is 3.21. The molecule has 0 radical (unpaired) electrons. The van der Waals surface area contributed by atoms with E-state index in [1.54, 1.807) is 0 Å². The van der Waals surface area contributed by atoms with Crippen molar-refractivity contribution in [2.75, 3.05) is 6.54 Å². The molecule has 0 amide bonds. The maximum Gasteiger partial charge on any atom is 0.169 e. The summed E-state index contributed by atoms with van der Waals surface area (Å²) < 4.78 is 6.43. The first kappa shape index (κ1) is 12.4. The number of aryl methyl sites for hydroxylation is 1. The molecule has 0 fully saturated rings. The van der Waals surface area contributed by atoms with Gasteiger partial charge in [-0.15, -0.1) is 0 Å². The zero-order chi connectivity index (χ0) is 12.3. The summed E-state index contributed by atoms with van der Waals surface area (Å²) in [6.45, 7) is 5.12. The minimum Gasteiger partial charge on any atom is -0.452 e. The van der Waals surface area contributed by atoms with Crippen LogP contribution in [0.5, 0.6) is 0 Å². The molecular formula is C14H16BrNO. The predicted octanol–water partition coefficient (Wildman–Crippen LogP) is 4.05. The molecule has 2 nitrogen and oxygen atoms in total. The smallest absolute Gasteiger partial charge is 0.169 e. The van der Waals surface area contributed by atoms with E-state index in [1.807, 2.05) is 12.1 Å². The highest BCUT2D eigenvalue weighted by Gasteiger charge is 2.17. The van der Waals surface area contributed by atoms with E-state index in [1.165, 1.54) is 11.1 Å². The third kappa shape index (κ3) is 2.79. The highest BCUT2D eigenvalue weighted by Crippen LogP contribution is 2.27. The van der Waals surface area contributed by atoms with Crippen molar-refractivity contribution in [3.8, 4) is 0 Å². The van der Waals surface area contributed by atoms with Crippen LogP contribution in [0, 0.1) is 6.92 Å². The van der Waals surface area contributed by atoms with E-state index in [2.05, 4.69) is 59.4 Å². The number of hydrogen-bond donors (Lipinski definition) is 1. The number of benzene rings is 1. The number of hydrogen-bond acceptors (Lipinski definition) is 2. The van der Waals surface area contributed by atoms with Gasteiger partial charge in [0.15, 0.2) is 4.67 Å². The van der Waals surface area contributed by atoms with Crippen LogP contribution in [-0.2, 0) is 0 Å². The topological polar surface area (TPSA) is 25.2 Å². The quantitative estimate of drug-likeness (QED) is 0.920. The second-order valence-corrected chi connectivity index (χ2v) is 4.77. The molecule has 1 N–H and O–H groups in total. The van der Waals surface area contributed by atoms with Crippen LogP contribution in [-0.4, -0.2) is 6.54 Å². The highest BCUT2D eigenvalue weighted by molar-refractivity contribution is 9.10. The van der Waals surface area contributed by atoms with E-state index in [0.717, 1.165) is 17.0 Å². The summed E-state index contributed by atoms with van der Waals surface area (Å²) in [4.78, 5) is 0. The van der Waals surface area contributed by atoms with Crippen molar-refractivity contribution in [3.05, 3.63) is 58.0 Å². The van der Waals surface area contributed by atoms with Gasteiger partial charge in [-0.1, -0.05) is 31.2 Å². The summed E-state index contributed by atoms with van der Waals surface area (Å²) in [5.41, 5.74) is 2.53. The molecule has 0 aliphatic heterocycles. The minimum absolute atomic E-state index is 0.118. The molecule has 1 aromatic carbocycles. The number of nitrogens with one attached hydrogen (secondary N) is 1. The average molecular weight is 294 g/mol. The number of rotatable bonds is 4. The Labute approximate surface area is 110 Å². The SMILES string of the molecule is CCNC(c1ccc(Br)o1)c1ccccc1C. The molecule has 0 saturated heterocycles. The fraction of sp³-hybridized carbons (Fsp3) is 0.286. The Balaban J connectivity index is 2.39. The van der Waals surface area contributed by atoms with Gasteiger partial charge in [-0.05, 0) is 52.7 Å². The van der Waals surface area contributed by atoms with Gasteiger partial charge < -0.3 is 9.73 Å². The van der Waals surface area contributed by atoms with Gasteiger partial charge in [-0.25, -0.2) is 0 Å². The van der Waals surface area contributed by atoms with Crippen molar-refractivity contribution >= 4 is 15.9 Å². The molecule has 0 bridgehead atoms. The van der Waals surface area contributed by atoms with E-state index in [9.17, 15) is 0 Å². The van der Waals surface area contributed by atoms with Crippen LogP contribution in [0.2, 0.25) is 0 Å². The van der Waals surface area contributed by atoms with Crippen molar-refractivity contribution < 1.29 is 4.42 Å². The Morgan fingerprint density at radius 2 is 2.00 bits per heavy atom. The predicted molar refractivity (Wildman–Crippen MR) is 73.1 cm³/mol. The van der Waals surface area contributed by atoms with E-state index >= 15 is 0 Å². The van der Waals surface area contributed by atoms with Crippen molar-refractivity contribution in [2.24, 2.45) is 0 Å². The van der Waals surface area contributed by atoms with Crippen LogP contribution in [0.25, 0.3) is 0 Å². The second kappa shape index (κ2) is 5.52. The normalized spacial score (nSPS) is 12.6. The van der Waals surface area contributed by atoms with Crippen LogP contribution in [0.4, 0.5) is 0 Å². The standard InChI is InChI=1S/C14H16BrNO/c1-3-16-14(12-8-9-13(15)17-12)11-7-5-4-6-10(11)2/h4-9,14,16H,3H2,1-2H3. The number of halogens is 1. The van der Waals surface area contributed by atoms with Gasteiger partial charge in [0, 0.05) is 0 Å². The van der Waals surface area contributed by atoms with Gasteiger partial charge in [-0.3, -0.25) is 0 Å². The van der Waals surface area contributed by atoms with Crippen molar-refractivity contribution in [2.45, 2.75) is 19.9 Å². The Hall–Kier alpha value is -1.06. The van der Waals surface area contributed by atoms with Crippen LogP contribution in [0.15, 0.2) is 45.5 Å². The molecule has 2 rings (SSSR count). The molecule has 1 heterocycles. The fourth-order valence-electron chi connectivity index (χ4n) is 1.96. The highest BCUT2D eigenvalue weighted by atomic mass is 79.9. The summed E-state index contributed by atoms with van der Waals surface area (Å²) in [6.07, 6.45) is 0. The van der Waals surface area contributed by atoms with Crippen molar-refractivity contribution in [3.63, 3.8) is 0 Å². The van der Waals surface area contributed by atoms with Gasteiger partial charge in [0.2, 0.25) is 0 Å². The molecule has 1 aromatic heterocycles. The monoisotopic (exact) mass is 293 g/mol. The lowest BCUT2D eigenvalue weighted by Gasteiger charge is -2.18. The molecule has 17 heavy (non-hydrogen) atoms. The summed E-state index contributed by atoms with van der Waals surface area (Å²) in [5.74, 6) is 0.938. The summed E-state index contributed by atoms with van der Waals surface area (Å²) >= 11 is 3.35. The third-order valence-electron chi connectivity index (χ3n) is 2.79. The van der Waals surface area contributed by atoms with E-state index < -0.39 is 0 Å². The Kier molecular flexibility index (Phi) is 4.02. The molecule has 0 aliphatic rings. The summed E-state index contributed by atoms with van der Waals surface area (Å²) in [7, 11) is 0. The molecule has 1 atom stereocenters. The molecule has 0 spiro atoms. The van der Waals surface area contributed by atoms with Gasteiger partial charge in [0.25, 0.3) is 0 Å². The van der Waals surface area contributed by atoms with Gasteiger partial charge >= 0.3 is 0 Å². The van der Waals surface area contributed by atoms with Gasteiger partial charge in [0.1, 0.15) is 5.76 Å². The molecule has 2 aromatic rings. The molecular weight excluding hydrogens is 278 g/mol. The van der Waals surface area contributed by atoms with E-state index in [0.29, 0.717) is 0 Å². The first-order valence-corrected chi connectivity index (χ1v) is 6.55. The maximum absolute atomic E-state index is 5.66. The first-order valence-electron chi connectivity index (χ1n) is 5.76. The Bertz CT molecular complexity index is 492. The zero-order valence-corrected chi connectivity index (χ0v) is 11.6. The molecule has 0 saturated carbocycles. The van der Waals surface area contributed by atoms with Gasteiger partial charge in [-0.2, -0.15) is 0 Å². The molecule has 1 unspecified atom stereocenters. The van der Waals surface area contributed by atoms with Crippen molar-refractivity contribution in [1.82, 2.24) is 5.32 Å². The zero-order valence-electron chi connectivity index (χ0n) is 10.0. The fourth-order valence-corrected chi connectivity index (χ4v) is 2.28. The largest absolute Gasteiger partial charge is 0.452 e. The van der Waals surface area contributed by atoms with E-state index in [-0.39, 0.29) is 6.04 Å². The van der Waals surface area contributed by atoms with Gasteiger partial charge in [0.05, 0.1) is 6.04 Å². The lowest BCUT2D eigenvalue weighted by Crippen LogP contribution is -2.22. The van der Waals surface area contributed by atoms with Crippen LogP contribution >= 0.6 is 15.9 Å². The summed E-state index contributed by atoms with van der Waals surface area (Å²) in [6, 6.07) is 12.4. The van der Waals surface area contributed by atoms with Crippen LogP contribution in [0.3, 0.4) is 0 Å². The molecule has 90 valence electrons. The molecule has 3 heteroatoms. The van der Waals surface area contributed by atoms with Crippen LogP contribution in [0.1, 0.15) is 29.9 Å².